The highest BCUT2D eigenvalue weighted by Crippen LogP contribution is 2.36. The lowest BCUT2D eigenvalue weighted by Crippen LogP contribution is -2.39. The zero-order valence-corrected chi connectivity index (χ0v) is 14.4. The van der Waals surface area contributed by atoms with Gasteiger partial charge < -0.3 is 10.6 Å². The first kappa shape index (κ1) is 19.3. The largest absolute Gasteiger partial charge is 0.417 e. The Balaban J connectivity index is 0.00000208. The van der Waals surface area contributed by atoms with Crippen molar-refractivity contribution in [3.8, 4) is 0 Å². The van der Waals surface area contributed by atoms with E-state index in [2.05, 4.69) is 10.6 Å². The van der Waals surface area contributed by atoms with E-state index in [1.807, 2.05) is 0 Å². The van der Waals surface area contributed by atoms with E-state index in [1.165, 1.54) is 6.07 Å². The molecule has 0 radical (unpaired) electrons. The molecule has 1 aromatic carbocycles. The fourth-order valence-electron chi connectivity index (χ4n) is 3.64. The number of nitrogens with one attached hydrogen (secondary N) is 2. The molecule has 2 aliphatic heterocycles. The molecule has 0 aromatic heterocycles. The van der Waals surface area contributed by atoms with Gasteiger partial charge in [-0.2, -0.15) is 13.2 Å². The fourth-order valence-corrected chi connectivity index (χ4v) is 3.86. The smallest absolute Gasteiger partial charge is 0.326 e. The second-order valence-corrected chi connectivity index (χ2v) is 6.83. The van der Waals surface area contributed by atoms with Crippen LogP contribution < -0.4 is 10.6 Å². The monoisotopic (exact) mass is 382 g/mol. The molecule has 0 saturated carbocycles. The number of rotatable bonds is 3. The highest BCUT2D eigenvalue weighted by molar-refractivity contribution is 6.31. The molecule has 1 amide bonds. The number of piperidine rings is 1. The van der Waals surface area contributed by atoms with Crippen molar-refractivity contribution < 1.29 is 18.0 Å². The van der Waals surface area contributed by atoms with Crippen molar-refractivity contribution in [2.45, 2.75) is 50.4 Å². The Morgan fingerprint density at radius 1 is 1.25 bits per heavy atom. The third kappa shape index (κ3) is 4.55. The summed E-state index contributed by atoms with van der Waals surface area (Å²) in [5, 5.41) is 5.69. The lowest BCUT2D eigenvalue weighted by molar-refractivity contribution is -0.137. The Hall–Kier alpha value is -0.980. The Morgan fingerprint density at radius 3 is 2.46 bits per heavy atom. The van der Waals surface area contributed by atoms with Crippen molar-refractivity contribution in [2.24, 2.45) is 5.92 Å². The van der Waals surface area contributed by atoms with Gasteiger partial charge in [0.1, 0.15) is 0 Å². The molecule has 2 fully saturated rings. The van der Waals surface area contributed by atoms with E-state index in [0.717, 1.165) is 37.8 Å². The predicted octanol–water partition coefficient (Wildman–Crippen LogP) is 4.64. The molecule has 3 rings (SSSR count). The molecule has 2 bridgehead atoms. The second kappa shape index (κ2) is 7.50. The first-order chi connectivity index (χ1) is 10.8. The molecule has 2 atom stereocenters. The first-order valence-corrected chi connectivity index (χ1v) is 8.11. The van der Waals surface area contributed by atoms with Crippen molar-refractivity contribution in [3.63, 3.8) is 0 Å². The van der Waals surface area contributed by atoms with Crippen LogP contribution in [0.1, 0.15) is 37.7 Å². The highest BCUT2D eigenvalue weighted by atomic mass is 35.5. The normalized spacial score (nSPS) is 25.9. The van der Waals surface area contributed by atoms with Crippen LogP contribution in [-0.4, -0.2) is 18.0 Å². The van der Waals surface area contributed by atoms with E-state index in [-0.39, 0.29) is 29.0 Å². The maximum Gasteiger partial charge on any atom is 0.417 e. The maximum atomic E-state index is 12.8. The number of carbonyl (C=O) groups excluding carboxylic acids is 1. The van der Waals surface area contributed by atoms with Crippen LogP contribution in [-0.2, 0) is 11.0 Å². The zero-order chi connectivity index (χ0) is 16.6. The van der Waals surface area contributed by atoms with E-state index >= 15 is 0 Å². The van der Waals surface area contributed by atoms with Gasteiger partial charge in [-0.15, -0.1) is 12.4 Å². The van der Waals surface area contributed by atoms with Crippen LogP contribution in [0.4, 0.5) is 18.9 Å². The lowest BCUT2D eigenvalue weighted by atomic mass is 9.89. The predicted molar refractivity (Wildman–Crippen MR) is 89.6 cm³/mol. The molecule has 2 unspecified atom stereocenters. The number of benzene rings is 1. The minimum atomic E-state index is -4.54. The van der Waals surface area contributed by atoms with Crippen molar-refractivity contribution in [3.05, 3.63) is 28.8 Å². The molecule has 0 spiro atoms. The standard InChI is InChI=1S/C16H18ClF3N2O.ClH/c17-14-4-3-12(8-13(14)16(18,19)20)22-15(23)7-9-5-10-1-2-11(6-9)21-10;/h3-4,8-11,21H,1-2,5-7H2,(H,22,23);1H. The Kier molecular flexibility index (Phi) is 6.04. The van der Waals surface area contributed by atoms with Gasteiger partial charge in [-0.1, -0.05) is 11.6 Å². The van der Waals surface area contributed by atoms with E-state index < -0.39 is 11.7 Å². The number of fused-ring (bicyclic) bond motifs is 2. The van der Waals surface area contributed by atoms with Crippen LogP contribution >= 0.6 is 24.0 Å². The van der Waals surface area contributed by atoms with Gasteiger partial charge in [0.25, 0.3) is 0 Å². The average Bonchev–Trinajstić information content (AvgIpc) is 2.79. The minimum Gasteiger partial charge on any atom is -0.326 e. The Bertz CT molecular complexity index is 597. The van der Waals surface area contributed by atoms with E-state index in [0.29, 0.717) is 24.4 Å². The summed E-state index contributed by atoms with van der Waals surface area (Å²) in [6, 6.07) is 4.40. The molecular weight excluding hydrogens is 364 g/mol. The summed E-state index contributed by atoms with van der Waals surface area (Å²) in [6.45, 7) is 0. The van der Waals surface area contributed by atoms with Gasteiger partial charge in [-0.05, 0) is 49.8 Å². The minimum absolute atomic E-state index is 0. The Labute approximate surface area is 149 Å². The van der Waals surface area contributed by atoms with Gasteiger partial charge in [-0.25, -0.2) is 0 Å². The average molecular weight is 383 g/mol. The molecule has 2 N–H and O–H groups in total. The van der Waals surface area contributed by atoms with Crippen molar-refractivity contribution >= 4 is 35.6 Å². The summed E-state index contributed by atoms with van der Waals surface area (Å²) in [6.07, 6.45) is 0.0191. The molecule has 2 heterocycles. The van der Waals surface area contributed by atoms with Gasteiger partial charge in [0.15, 0.2) is 0 Å². The molecule has 2 aliphatic rings. The molecular formula is C16H19Cl2F3N2O. The molecule has 3 nitrogen and oxygen atoms in total. The molecule has 134 valence electrons. The van der Waals surface area contributed by atoms with E-state index in [1.54, 1.807) is 0 Å². The van der Waals surface area contributed by atoms with Crippen molar-refractivity contribution in [2.75, 3.05) is 5.32 Å². The topological polar surface area (TPSA) is 41.1 Å². The molecule has 2 saturated heterocycles. The highest BCUT2D eigenvalue weighted by Gasteiger charge is 2.35. The van der Waals surface area contributed by atoms with Crippen molar-refractivity contribution in [1.82, 2.24) is 5.32 Å². The molecule has 0 aliphatic carbocycles. The van der Waals surface area contributed by atoms with Crippen LogP contribution in [0.5, 0.6) is 0 Å². The Morgan fingerprint density at radius 2 is 1.88 bits per heavy atom. The van der Waals surface area contributed by atoms with Crippen LogP contribution in [0.15, 0.2) is 18.2 Å². The number of hydrogen-bond donors (Lipinski definition) is 2. The summed E-state index contributed by atoms with van der Waals surface area (Å²) in [4.78, 5) is 12.1. The number of alkyl halides is 3. The first-order valence-electron chi connectivity index (χ1n) is 7.74. The third-order valence-corrected chi connectivity index (χ3v) is 4.93. The van der Waals surface area contributed by atoms with Gasteiger partial charge in [0.2, 0.25) is 5.91 Å². The summed E-state index contributed by atoms with van der Waals surface area (Å²) >= 11 is 5.57. The summed E-state index contributed by atoms with van der Waals surface area (Å²) in [7, 11) is 0. The lowest BCUT2D eigenvalue weighted by Gasteiger charge is -2.28. The molecule has 1 aromatic rings. The van der Waals surface area contributed by atoms with Crippen molar-refractivity contribution in [1.29, 1.82) is 0 Å². The number of amides is 1. The number of hydrogen-bond acceptors (Lipinski definition) is 2. The SMILES string of the molecule is Cl.O=C(CC1CC2CCC(C1)N2)Nc1ccc(Cl)c(C(F)(F)F)c1. The summed E-state index contributed by atoms with van der Waals surface area (Å²) in [5.41, 5.74) is -0.805. The van der Waals surface area contributed by atoms with Crippen LogP contribution in [0.25, 0.3) is 0 Å². The summed E-state index contributed by atoms with van der Waals surface area (Å²) in [5.74, 6) is 0.0508. The fraction of sp³-hybridized carbons (Fsp3) is 0.562. The van der Waals surface area contributed by atoms with Crippen LogP contribution in [0, 0.1) is 5.92 Å². The zero-order valence-electron chi connectivity index (χ0n) is 12.8. The van der Waals surface area contributed by atoms with Gasteiger partial charge in [0, 0.05) is 24.2 Å². The number of carbonyl (C=O) groups is 1. The summed E-state index contributed by atoms with van der Waals surface area (Å²) < 4.78 is 38.5. The quantitative estimate of drug-likeness (QED) is 0.799. The number of halogens is 5. The molecule has 24 heavy (non-hydrogen) atoms. The van der Waals surface area contributed by atoms with Gasteiger partial charge >= 0.3 is 6.18 Å². The van der Waals surface area contributed by atoms with Gasteiger partial charge in [-0.3, -0.25) is 4.79 Å². The van der Waals surface area contributed by atoms with E-state index in [9.17, 15) is 18.0 Å². The van der Waals surface area contributed by atoms with Crippen LogP contribution in [0.3, 0.4) is 0 Å². The molecule has 8 heteroatoms. The van der Waals surface area contributed by atoms with E-state index in [4.69, 9.17) is 11.6 Å². The van der Waals surface area contributed by atoms with Crippen LogP contribution in [0.2, 0.25) is 5.02 Å². The third-order valence-electron chi connectivity index (χ3n) is 4.60. The maximum absolute atomic E-state index is 12.8. The number of anilines is 1. The second-order valence-electron chi connectivity index (χ2n) is 6.42. The van der Waals surface area contributed by atoms with Gasteiger partial charge in [0.05, 0.1) is 10.6 Å².